The number of hydrogen-bond donors (Lipinski definition) is 2. The van der Waals surface area contributed by atoms with E-state index in [4.69, 9.17) is 23.2 Å². The molecule has 0 saturated carbocycles. The van der Waals surface area contributed by atoms with Crippen LogP contribution >= 0.6 is 23.2 Å². The van der Waals surface area contributed by atoms with Gasteiger partial charge in [-0.2, -0.15) is 0 Å². The molecule has 0 spiro atoms. The quantitative estimate of drug-likeness (QED) is 0.758. The number of halogens is 2. The van der Waals surface area contributed by atoms with Gasteiger partial charge in [-0.15, -0.1) is 0 Å². The summed E-state index contributed by atoms with van der Waals surface area (Å²) >= 11 is 12.0. The van der Waals surface area contributed by atoms with Crippen LogP contribution in [-0.4, -0.2) is 53.6 Å². The molecule has 0 amide bonds. The van der Waals surface area contributed by atoms with Crippen LogP contribution in [0.25, 0.3) is 0 Å². The molecule has 2 unspecified atom stereocenters. The minimum Gasteiger partial charge on any atom is -0.381 e. The predicted molar refractivity (Wildman–Crippen MR) is 83.0 cm³/mol. The third-order valence-corrected chi connectivity index (χ3v) is 4.13. The van der Waals surface area contributed by atoms with E-state index in [-0.39, 0.29) is 12.8 Å². The Morgan fingerprint density at radius 2 is 1.85 bits per heavy atom. The van der Waals surface area contributed by atoms with Crippen molar-refractivity contribution in [1.29, 1.82) is 0 Å². The molecule has 0 bridgehead atoms. The Balaban J connectivity index is 3.05. The second-order valence-corrected chi connectivity index (χ2v) is 5.73. The fraction of sp³-hybridized carbons (Fsp3) is 0.571. The SMILES string of the molecule is CCN(CO)C(CC(O)N(C)C)c1ccc(Cl)c(Cl)c1. The van der Waals surface area contributed by atoms with Gasteiger partial charge in [-0.1, -0.05) is 36.2 Å². The average Bonchev–Trinajstić information content (AvgIpc) is 2.41. The monoisotopic (exact) mass is 320 g/mol. The second-order valence-electron chi connectivity index (χ2n) is 4.92. The molecule has 1 rings (SSSR count). The largest absolute Gasteiger partial charge is 0.381 e. The van der Waals surface area contributed by atoms with Crippen molar-refractivity contribution in [2.75, 3.05) is 27.4 Å². The summed E-state index contributed by atoms with van der Waals surface area (Å²) in [6, 6.07) is 5.27. The van der Waals surface area contributed by atoms with Crippen molar-refractivity contribution in [3.8, 4) is 0 Å². The van der Waals surface area contributed by atoms with E-state index < -0.39 is 6.23 Å². The molecule has 6 heteroatoms. The van der Waals surface area contributed by atoms with Crippen molar-refractivity contribution in [2.45, 2.75) is 25.6 Å². The van der Waals surface area contributed by atoms with E-state index in [0.29, 0.717) is 23.0 Å². The van der Waals surface area contributed by atoms with Crippen LogP contribution in [0.15, 0.2) is 18.2 Å². The molecule has 0 aromatic heterocycles. The minimum absolute atomic E-state index is 0.0818. The topological polar surface area (TPSA) is 46.9 Å². The van der Waals surface area contributed by atoms with Crippen molar-refractivity contribution < 1.29 is 10.2 Å². The Hall–Kier alpha value is -0.360. The van der Waals surface area contributed by atoms with Crippen LogP contribution in [0.2, 0.25) is 10.0 Å². The molecular weight excluding hydrogens is 299 g/mol. The molecule has 0 fully saturated rings. The average molecular weight is 321 g/mol. The van der Waals surface area contributed by atoms with Gasteiger partial charge in [0.25, 0.3) is 0 Å². The lowest BCUT2D eigenvalue weighted by Crippen LogP contribution is -2.36. The van der Waals surface area contributed by atoms with Crippen LogP contribution in [0.3, 0.4) is 0 Å². The van der Waals surface area contributed by atoms with Gasteiger partial charge in [0.1, 0.15) is 6.23 Å². The Morgan fingerprint density at radius 1 is 1.20 bits per heavy atom. The predicted octanol–water partition coefficient (Wildman–Crippen LogP) is 2.58. The molecule has 0 aliphatic heterocycles. The highest BCUT2D eigenvalue weighted by molar-refractivity contribution is 6.42. The van der Waals surface area contributed by atoms with Crippen molar-refractivity contribution in [2.24, 2.45) is 0 Å². The first kappa shape index (κ1) is 17.7. The van der Waals surface area contributed by atoms with Gasteiger partial charge in [0.15, 0.2) is 0 Å². The molecule has 1 aromatic carbocycles. The molecule has 20 heavy (non-hydrogen) atoms. The molecule has 4 nitrogen and oxygen atoms in total. The summed E-state index contributed by atoms with van der Waals surface area (Å²) < 4.78 is 0. The minimum atomic E-state index is -0.602. The van der Waals surface area contributed by atoms with E-state index in [1.54, 1.807) is 17.0 Å². The highest BCUT2D eigenvalue weighted by Crippen LogP contribution is 2.31. The van der Waals surface area contributed by atoms with Gasteiger partial charge in [0.05, 0.1) is 16.8 Å². The van der Waals surface area contributed by atoms with Gasteiger partial charge in [-0.25, -0.2) is 0 Å². The Labute approximate surface area is 130 Å². The van der Waals surface area contributed by atoms with Crippen LogP contribution in [0.1, 0.15) is 24.9 Å². The fourth-order valence-corrected chi connectivity index (χ4v) is 2.35. The molecule has 2 N–H and O–H groups in total. The first-order valence-corrected chi connectivity index (χ1v) is 7.30. The zero-order chi connectivity index (χ0) is 15.3. The summed E-state index contributed by atoms with van der Waals surface area (Å²) in [5.41, 5.74) is 0.927. The summed E-state index contributed by atoms with van der Waals surface area (Å²) in [5.74, 6) is 0. The number of aliphatic hydroxyl groups excluding tert-OH is 2. The lowest BCUT2D eigenvalue weighted by atomic mass is 10.0. The highest BCUT2D eigenvalue weighted by Gasteiger charge is 2.23. The normalized spacial score (nSPS) is 14.8. The van der Waals surface area contributed by atoms with Crippen molar-refractivity contribution >= 4 is 23.2 Å². The molecule has 2 atom stereocenters. The summed E-state index contributed by atoms with van der Waals surface area (Å²) in [6.07, 6.45) is -0.130. The zero-order valence-electron chi connectivity index (χ0n) is 12.1. The number of rotatable bonds is 7. The van der Waals surface area contributed by atoms with E-state index in [1.165, 1.54) is 0 Å². The van der Waals surface area contributed by atoms with Crippen molar-refractivity contribution in [3.63, 3.8) is 0 Å². The molecule has 0 heterocycles. The maximum absolute atomic E-state index is 10.1. The van der Waals surface area contributed by atoms with E-state index in [1.807, 2.05) is 32.0 Å². The van der Waals surface area contributed by atoms with Crippen LogP contribution in [0.5, 0.6) is 0 Å². The molecule has 114 valence electrons. The lowest BCUT2D eigenvalue weighted by molar-refractivity contribution is -0.0104. The van der Waals surface area contributed by atoms with E-state index >= 15 is 0 Å². The maximum atomic E-state index is 10.1. The fourth-order valence-electron chi connectivity index (χ4n) is 2.05. The van der Waals surface area contributed by atoms with Crippen LogP contribution in [-0.2, 0) is 0 Å². The Kier molecular flexibility index (Phi) is 7.23. The van der Waals surface area contributed by atoms with Gasteiger partial charge >= 0.3 is 0 Å². The summed E-state index contributed by atoms with van der Waals surface area (Å²) in [4.78, 5) is 3.60. The third kappa shape index (κ3) is 4.58. The smallest absolute Gasteiger partial charge is 0.108 e. The molecule has 0 saturated heterocycles. The number of hydrogen-bond acceptors (Lipinski definition) is 4. The summed E-state index contributed by atoms with van der Waals surface area (Å²) in [6.45, 7) is 2.55. The molecule has 0 aliphatic carbocycles. The van der Waals surface area contributed by atoms with E-state index in [0.717, 1.165) is 5.56 Å². The molecular formula is C14H22Cl2N2O2. The van der Waals surface area contributed by atoms with Crippen LogP contribution in [0.4, 0.5) is 0 Å². The van der Waals surface area contributed by atoms with Crippen LogP contribution in [0, 0.1) is 0 Å². The van der Waals surface area contributed by atoms with Gasteiger partial charge in [-0.05, 0) is 38.3 Å². The van der Waals surface area contributed by atoms with Gasteiger partial charge in [0, 0.05) is 12.5 Å². The number of nitrogens with zero attached hydrogens (tertiary/aromatic N) is 2. The standard InChI is InChI=1S/C14H22Cl2N2O2/c1-4-18(9-19)13(8-14(20)17(2)3)10-5-6-11(15)12(16)7-10/h5-7,13-14,19-20H,4,8-9H2,1-3H3. The third-order valence-electron chi connectivity index (χ3n) is 3.39. The number of aliphatic hydroxyl groups is 2. The maximum Gasteiger partial charge on any atom is 0.108 e. The number of benzene rings is 1. The Morgan fingerprint density at radius 3 is 2.30 bits per heavy atom. The van der Waals surface area contributed by atoms with Crippen molar-refractivity contribution in [3.05, 3.63) is 33.8 Å². The zero-order valence-corrected chi connectivity index (χ0v) is 13.6. The lowest BCUT2D eigenvalue weighted by Gasteiger charge is -2.32. The van der Waals surface area contributed by atoms with Gasteiger partial charge < -0.3 is 10.2 Å². The first-order valence-electron chi connectivity index (χ1n) is 6.55. The summed E-state index contributed by atoms with van der Waals surface area (Å²) in [7, 11) is 3.62. The molecule has 0 aliphatic rings. The van der Waals surface area contributed by atoms with E-state index in [9.17, 15) is 10.2 Å². The van der Waals surface area contributed by atoms with Crippen molar-refractivity contribution in [1.82, 2.24) is 9.80 Å². The molecule has 0 radical (unpaired) electrons. The van der Waals surface area contributed by atoms with Gasteiger partial charge in [-0.3, -0.25) is 9.80 Å². The highest BCUT2D eigenvalue weighted by atomic mass is 35.5. The Bertz CT molecular complexity index is 426. The first-order chi connectivity index (χ1) is 9.40. The second kappa shape index (κ2) is 8.17. The van der Waals surface area contributed by atoms with Gasteiger partial charge in [0.2, 0.25) is 0 Å². The summed E-state index contributed by atoms with van der Waals surface area (Å²) in [5, 5.41) is 20.6. The molecule has 1 aromatic rings. The van der Waals surface area contributed by atoms with E-state index in [2.05, 4.69) is 0 Å². The van der Waals surface area contributed by atoms with Crippen LogP contribution < -0.4 is 0 Å².